The molecule has 184 valence electrons. The molecule has 0 spiro atoms. The molecule has 4 rings (SSSR count). The summed E-state index contributed by atoms with van der Waals surface area (Å²) in [4.78, 5) is 23.6. The number of sulfonamides is 1. The molecule has 2 aliphatic rings. The highest BCUT2D eigenvalue weighted by Gasteiger charge is 2.30. The summed E-state index contributed by atoms with van der Waals surface area (Å²) in [5.41, 5.74) is 1.73. The van der Waals surface area contributed by atoms with Crippen molar-refractivity contribution in [2.75, 3.05) is 26.3 Å². The second-order valence-corrected chi connectivity index (χ2v) is 10.7. The molecule has 3 heterocycles. The average Bonchev–Trinajstić information content (AvgIpc) is 3.57. The molecule has 1 atom stereocenters. The maximum Gasteiger partial charge on any atom is 0.312 e. The highest BCUT2D eigenvalue weighted by Crippen LogP contribution is 2.32. The highest BCUT2D eigenvalue weighted by atomic mass is 32.2. The first-order valence-electron chi connectivity index (χ1n) is 11.4. The van der Waals surface area contributed by atoms with Crippen LogP contribution in [0.3, 0.4) is 0 Å². The second kappa shape index (κ2) is 9.85. The highest BCUT2D eigenvalue weighted by molar-refractivity contribution is 7.89. The number of hydrogen-bond donors (Lipinski definition) is 0. The van der Waals surface area contributed by atoms with Gasteiger partial charge in [-0.05, 0) is 57.7 Å². The Labute approximate surface area is 198 Å². The van der Waals surface area contributed by atoms with Crippen LogP contribution in [0.15, 0.2) is 29.2 Å². The number of nitro groups is 1. The van der Waals surface area contributed by atoms with E-state index < -0.39 is 27.2 Å². The molecule has 1 aromatic carbocycles. The van der Waals surface area contributed by atoms with Gasteiger partial charge in [0.2, 0.25) is 15.8 Å². The lowest BCUT2D eigenvalue weighted by atomic mass is 10.1. The van der Waals surface area contributed by atoms with E-state index in [2.05, 4.69) is 0 Å². The number of nitro benzene ring substituents is 1. The van der Waals surface area contributed by atoms with E-state index in [1.165, 1.54) is 16.4 Å². The van der Waals surface area contributed by atoms with Gasteiger partial charge in [0.15, 0.2) is 12.4 Å². The van der Waals surface area contributed by atoms with Crippen molar-refractivity contribution in [1.29, 1.82) is 0 Å². The smallest absolute Gasteiger partial charge is 0.312 e. The lowest BCUT2D eigenvalue weighted by Gasteiger charge is -2.16. The number of ether oxygens (including phenoxy) is 2. The number of hydrogen-bond acceptors (Lipinski definition) is 7. The first kappa shape index (κ1) is 24.4. The molecule has 0 bridgehead atoms. The van der Waals surface area contributed by atoms with Crippen molar-refractivity contribution in [3.63, 3.8) is 0 Å². The summed E-state index contributed by atoms with van der Waals surface area (Å²) in [6.45, 7) is 5.59. The van der Waals surface area contributed by atoms with Gasteiger partial charge in [-0.25, -0.2) is 8.42 Å². The van der Waals surface area contributed by atoms with Crippen molar-refractivity contribution in [2.24, 2.45) is 0 Å². The van der Waals surface area contributed by atoms with Gasteiger partial charge in [-0.15, -0.1) is 0 Å². The molecule has 0 aliphatic carbocycles. The van der Waals surface area contributed by atoms with Gasteiger partial charge in [0, 0.05) is 49.3 Å². The van der Waals surface area contributed by atoms with Crippen LogP contribution < -0.4 is 4.74 Å². The van der Waals surface area contributed by atoms with Crippen molar-refractivity contribution in [1.82, 2.24) is 8.87 Å². The van der Waals surface area contributed by atoms with Gasteiger partial charge in [0.25, 0.3) is 0 Å². The molecule has 2 aliphatic heterocycles. The van der Waals surface area contributed by atoms with E-state index in [0.717, 1.165) is 49.7 Å². The van der Waals surface area contributed by atoms with Gasteiger partial charge in [0.1, 0.15) is 0 Å². The van der Waals surface area contributed by atoms with Crippen LogP contribution in [0.4, 0.5) is 5.69 Å². The lowest BCUT2D eigenvalue weighted by molar-refractivity contribution is -0.386. The third-order valence-electron chi connectivity index (χ3n) is 6.47. The van der Waals surface area contributed by atoms with E-state index in [9.17, 15) is 23.3 Å². The summed E-state index contributed by atoms with van der Waals surface area (Å²) in [6, 6.07) is 5.32. The van der Waals surface area contributed by atoms with Crippen LogP contribution in [0, 0.1) is 24.0 Å². The van der Waals surface area contributed by atoms with Crippen LogP contribution in [-0.2, 0) is 21.3 Å². The van der Waals surface area contributed by atoms with Gasteiger partial charge in [-0.2, -0.15) is 4.31 Å². The van der Waals surface area contributed by atoms with Crippen molar-refractivity contribution >= 4 is 21.5 Å². The quantitative estimate of drug-likeness (QED) is 0.300. The average molecular weight is 492 g/mol. The number of carbonyl (C=O) groups is 1. The molecular formula is C23H29N3O7S. The molecule has 34 heavy (non-hydrogen) atoms. The van der Waals surface area contributed by atoms with E-state index in [1.807, 2.05) is 18.4 Å². The number of rotatable bonds is 9. The standard InChI is InChI=1S/C23H29N3O7S/c1-16-12-20(17(2)25(16)14-18-6-5-11-32-18)22(27)15-33-23-8-7-19(13-21(23)26(28)29)34(30,31)24-9-3-4-10-24/h7-8,12-13,18H,3-6,9-11,14-15H2,1-2H3/t18-/m1/s1. The van der Waals surface area contributed by atoms with Crippen LogP contribution >= 0.6 is 0 Å². The van der Waals surface area contributed by atoms with Crippen molar-refractivity contribution in [3.05, 3.63) is 51.3 Å². The van der Waals surface area contributed by atoms with E-state index in [-0.39, 0.29) is 22.5 Å². The molecule has 2 aromatic rings. The van der Waals surface area contributed by atoms with Gasteiger partial charge in [-0.3, -0.25) is 14.9 Å². The summed E-state index contributed by atoms with van der Waals surface area (Å²) in [6.07, 6.45) is 3.66. The summed E-state index contributed by atoms with van der Waals surface area (Å²) in [7, 11) is -3.81. The molecule has 0 radical (unpaired) electrons. The van der Waals surface area contributed by atoms with E-state index in [1.54, 1.807) is 6.07 Å². The Hall–Kier alpha value is -2.76. The first-order valence-corrected chi connectivity index (χ1v) is 12.9. The predicted molar refractivity (Wildman–Crippen MR) is 124 cm³/mol. The van der Waals surface area contributed by atoms with Crippen LogP contribution in [-0.4, -0.2) is 60.4 Å². The van der Waals surface area contributed by atoms with Crippen molar-refractivity contribution in [3.8, 4) is 5.75 Å². The molecule has 0 saturated carbocycles. The Morgan fingerprint density at radius 3 is 2.59 bits per heavy atom. The number of Topliss-reactive ketones (excluding diaryl/α,β-unsaturated/α-hetero) is 1. The predicted octanol–water partition coefficient (Wildman–Crippen LogP) is 3.24. The van der Waals surface area contributed by atoms with Crippen LogP contribution in [0.25, 0.3) is 0 Å². The Kier molecular flexibility index (Phi) is 7.06. The zero-order valence-electron chi connectivity index (χ0n) is 19.4. The minimum atomic E-state index is -3.81. The minimum Gasteiger partial charge on any atom is -0.478 e. The van der Waals surface area contributed by atoms with E-state index in [4.69, 9.17) is 9.47 Å². The number of aromatic nitrogens is 1. The molecule has 1 aromatic heterocycles. The number of benzene rings is 1. The van der Waals surface area contributed by atoms with Crippen molar-refractivity contribution < 1.29 is 27.6 Å². The molecule has 0 amide bonds. The number of carbonyl (C=O) groups excluding carboxylic acids is 1. The van der Waals surface area contributed by atoms with E-state index in [0.29, 0.717) is 25.2 Å². The summed E-state index contributed by atoms with van der Waals surface area (Å²) >= 11 is 0. The molecule has 2 saturated heterocycles. The van der Waals surface area contributed by atoms with Gasteiger partial charge < -0.3 is 14.0 Å². The fourth-order valence-corrected chi connectivity index (χ4v) is 6.11. The lowest BCUT2D eigenvalue weighted by Crippen LogP contribution is -2.27. The summed E-state index contributed by atoms with van der Waals surface area (Å²) < 4.78 is 40.1. The monoisotopic (exact) mass is 491 g/mol. The molecular weight excluding hydrogens is 462 g/mol. The molecule has 0 unspecified atom stereocenters. The zero-order valence-corrected chi connectivity index (χ0v) is 20.2. The summed E-state index contributed by atoms with van der Waals surface area (Å²) in [5.74, 6) is -0.457. The number of ketones is 1. The Morgan fingerprint density at radius 1 is 1.21 bits per heavy atom. The Balaban J connectivity index is 1.50. The summed E-state index contributed by atoms with van der Waals surface area (Å²) in [5, 5.41) is 11.6. The number of nitrogens with zero attached hydrogens (tertiary/aromatic N) is 3. The topological polar surface area (TPSA) is 121 Å². The zero-order chi connectivity index (χ0) is 24.5. The maximum absolute atomic E-state index is 12.9. The van der Waals surface area contributed by atoms with Gasteiger partial charge in [0.05, 0.1) is 15.9 Å². The van der Waals surface area contributed by atoms with Gasteiger partial charge in [-0.1, -0.05) is 0 Å². The van der Waals surface area contributed by atoms with Crippen LogP contribution in [0.5, 0.6) is 5.75 Å². The Morgan fingerprint density at radius 2 is 1.94 bits per heavy atom. The molecule has 2 fully saturated rings. The normalized spacial score (nSPS) is 18.9. The maximum atomic E-state index is 12.9. The van der Waals surface area contributed by atoms with E-state index >= 15 is 0 Å². The van der Waals surface area contributed by atoms with Gasteiger partial charge >= 0.3 is 5.69 Å². The van der Waals surface area contributed by atoms with Crippen LogP contribution in [0.2, 0.25) is 0 Å². The minimum absolute atomic E-state index is 0.127. The third-order valence-corrected chi connectivity index (χ3v) is 8.37. The molecule has 11 heteroatoms. The first-order chi connectivity index (χ1) is 16.2. The van der Waals surface area contributed by atoms with Crippen molar-refractivity contribution in [2.45, 2.75) is 57.1 Å². The number of aryl methyl sites for hydroxylation is 1. The Bertz CT molecular complexity index is 1190. The third kappa shape index (κ3) is 4.86. The largest absolute Gasteiger partial charge is 0.478 e. The van der Waals surface area contributed by atoms with Crippen LogP contribution in [0.1, 0.15) is 47.4 Å². The SMILES string of the molecule is Cc1cc(C(=O)COc2ccc(S(=O)(=O)N3CCCC3)cc2[N+](=O)[O-])c(C)n1C[C@H]1CCCO1. The second-order valence-electron chi connectivity index (χ2n) is 8.74. The molecule has 0 N–H and O–H groups in total. The fourth-order valence-electron chi connectivity index (χ4n) is 4.58. The fraction of sp³-hybridized carbons (Fsp3) is 0.522. The molecule has 10 nitrogen and oxygen atoms in total.